The van der Waals surface area contributed by atoms with E-state index in [9.17, 15) is 5.11 Å². The van der Waals surface area contributed by atoms with Crippen molar-refractivity contribution in [2.24, 2.45) is 0 Å². The quantitative estimate of drug-likeness (QED) is 0.887. The van der Waals surface area contributed by atoms with Gasteiger partial charge in [0.2, 0.25) is 0 Å². The summed E-state index contributed by atoms with van der Waals surface area (Å²) in [5.74, 6) is 0. The van der Waals surface area contributed by atoms with Crippen LogP contribution in [-0.2, 0) is 6.54 Å². The molecule has 0 radical (unpaired) electrons. The van der Waals surface area contributed by atoms with Crippen LogP contribution in [0.4, 0.5) is 0 Å². The molecule has 0 aromatic heterocycles. The lowest BCUT2D eigenvalue weighted by molar-refractivity contribution is 0.00594. The highest BCUT2D eigenvalue weighted by molar-refractivity contribution is 5.30. The molecule has 1 N–H and O–H groups in total. The largest absolute Gasteiger partial charge is 0.396 e. The van der Waals surface area contributed by atoms with Gasteiger partial charge < -0.3 is 10.0 Å². The van der Waals surface area contributed by atoms with E-state index in [1.807, 2.05) is 0 Å². The Kier molecular flexibility index (Phi) is 6.50. The zero-order chi connectivity index (χ0) is 17.8. The third-order valence-electron chi connectivity index (χ3n) is 6.13. The summed E-state index contributed by atoms with van der Waals surface area (Å²) in [6.07, 6.45) is 3.44. The molecule has 1 atom stereocenters. The molecule has 4 nitrogen and oxygen atoms in total. The minimum absolute atomic E-state index is 0.297. The van der Waals surface area contributed by atoms with Gasteiger partial charge in [0.1, 0.15) is 0 Å². The van der Waals surface area contributed by atoms with Crippen molar-refractivity contribution < 1.29 is 5.11 Å². The van der Waals surface area contributed by atoms with Gasteiger partial charge in [-0.3, -0.25) is 9.80 Å². The van der Waals surface area contributed by atoms with Gasteiger partial charge in [0, 0.05) is 44.9 Å². The number of hydrogen-bond donors (Lipinski definition) is 1. The van der Waals surface area contributed by atoms with Crippen LogP contribution in [0, 0.1) is 13.8 Å². The molecule has 1 aromatic carbocycles. The topological polar surface area (TPSA) is 30.0 Å². The summed E-state index contributed by atoms with van der Waals surface area (Å²) in [6, 6.07) is 7.98. The van der Waals surface area contributed by atoms with Crippen LogP contribution in [0.15, 0.2) is 18.2 Å². The van der Waals surface area contributed by atoms with Crippen molar-refractivity contribution >= 4 is 0 Å². The minimum atomic E-state index is 0.297. The van der Waals surface area contributed by atoms with Gasteiger partial charge in [-0.05, 0) is 64.4 Å². The maximum Gasteiger partial charge on any atom is 0.0446 e. The number of nitrogens with zero attached hydrogens (tertiary/aromatic N) is 3. The van der Waals surface area contributed by atoms with E-state index in [0.29, 0.717) is 18.7 Å². The van der Waals surface area contributed by atoms with Crippen LogP contribution in [0.1, 0.15) is 36.0 Å². The molecular weight excluding hydrogens is 310 g/mol. The summed E-state index contributed by atoms with van der Waals surface area (Å²) in [4.78, 5) is 7.74. The van der Waals surface area contributed by atoms with Gasteiger partial charge in [0.05, 0.1) is 0 Å². The molecule has 2 aliphatic heterocycles. The van der Waals surface area contributed by atoms with Gasteiger partial charge in [-0.1, -0.05) is 23.8 Å². The molecule has 1 unspecified atom stereocenters. The molecule has 2 heterocycles. The Labute approximate surface area is 153 Å². The van der Waals surface area contributed by atoms with E-state index >= 15 is 0 Å². The standard InChI is InChI=1S/C21H35N3O/c1-17-4-5-18(2)19(14-17)15-23-11-12-24(21(16-23)8-13-25)20-6-9-22(3)10-7-20/h4-5,14,20-21,25H,6-13,15-16H2,1-3H3. The van der Waals surface area contributed by atoms with Gasteiger partial charge in [0.25, 0.3) is 0 Å². The number of hydrogen-bond acceptors (Lipinski definition) is 4. The van der Waals surface area contributed by atoms with E-state index in [1.165, 1.54) is 42.6 Å². The molecule has 2 fully saturated rings. The van der Waals surface area contributed by atoms with E-state index in [4.69, 9.17) is 0 Å². The zero-order valence-corrected chi connectivity index (χ0v) is 16.2. The Balaban J connectivity index is 1.63. The zero-order valence-electron chi connectivity index (χ0n) is 16.2. The highest BCUT2D eigenvalue weighted by Crippen LogP contribution is 2.24. The summed E-state index contributed by atoms with van der Waals surface area (Å²) in [6.45, 7) is 11.5. The smallest absolute Gasteiger partial charge is 0.0446 e. The summed E-state index contributed by atoms with van der Waals surface area (Å²) in [5.41, 5.74) is 4.19. The van der Waals surface area contributed by atoms with Crippen LogP contribution in [0.3, 0.4) is 0 Å². The summed E-state index contributed by atoms with van der Waals surface area (Å²) >= 11 is 0. The molecule has 0 spiro atoms. The summed E-state index contributed by atoms with van der Waals surface area (Å²) in [7, 11) is 2.23. The Hall–Kier alpha value is -0.940. The van der Waals surface area contributed by atoms with Crippen molar-refractivity contribution in [3.8, 4) is 0 Å². The number of likely N-dealkylation sites (tertiary alicyclic amines) is 1. The average molecular weight is 346 g/mol. The highest BCUT2D eigenvalue weighted by Gasteiger charge is 2.33. The van der Waals surface area contributed by atoms with Gasteiger partial charge in [-0.25, -0.2) is 0 Å². The van der Waals surface area contributed by atoms with Crippen LogP contribution >= 0.6 is 0 Å². The number of benzene rings is 1. The fourth-order valence-electron chi connectivity index (χ4n) is 4.50. The Morgan fingerprint density at radius 1 is 1.08 bits per heavy atom. The molecule has 0 aliphatic carbocycles. The van der Waals surface area contributed by atoms with Crippen molar-refractivity contribution in [2.45, 2.75) is 51.7 Å². The molecule has 2 aliphatic rings. The normalized spacial score (nSPS) is 24.7. The summed E-state index contributed by atoms with van der Waals surface area (Å²) < 4.78 is 0. The molecular formula is C21H35N3O. The Morgan fingerprint density at radius 3 is 2.56 bits per heavy atom. The molecule has 140 valence electrons. The molecule has 2 saturated heterocycles. The molecule has 4 heteroatoms. The van der Waals surface area contributed by atoms with Crippen molar-refractivity contribution in [3.05, 3.63) is 34.9 Å². The predicted molar refractivity (Wildman–Crippen MR) is 104 cm³/mol. The van der Waals surface area contributed by atoms with Gasteiger partial charge in [-0.15, -0.1) is 0 Å². The van der Waals surface area contributed by atoms with Crippen LogP contribution in [0.2, 0.25) is 0 Å². The SMILES string of the molecule is Cc1ccc(C)c(CN2CCN(C3CCN(C)CC3)C(CCO)C2)c1. The van der Waals surface area contributed by atoms with E-state index in [0.717, 1.165) is 32.6 Å². The monoisotopic (exact) mass is 345 g/mol. The lowest BCUT2D eigenvalue weighted by Crippen LogP contribution is -2.58. The lowest BCUT2D eigenvalue weighted by atomic mass is 9.97. The summed E-state index contributed by atoms with van der Waals surface area (Å²) in [5, 5.41) is 9.58. The number of aryl methyl sites for hydroxylation is 2. The van der Waals surface area contributed by atoms with E-state index in [-0.39, 0.29) is 0 Å². The first-order valence-electron chi connectivity index (χ1n) is 9.90. The maximum absolute atomic E-state index is 9.58. The number of aliphatic hydroxyl groups is 1. The number of aliphatic hydroxyl groups excluding tert-OH is 1. The number of piperazine rings is 1. The molecule has 0 amide bonds. The second-order valence-electron chi connectivity index (χ2n) is 8.10. The van der Waals surface area contributed by atoms with Crippen LogP contribution in [0.5, 0.6) is 0 Å². The molecule has 0 saturated carbocycles. The first-order chi connectivity index (χ1) is 12.1. The van der Waals surface area contributed by atoms with Crippen molar-refractivity contribution in [3.63, 3.8) is 0 Å². The first-order valence-corrected chi connectivity index (χ1v) is 9.90. The predicted octanol–water partition coefficient (Wildman–Crippen LogP) is 2.27. The minimum Gasteiger partial charge on any atom is -0.396 e. The van der Waals surface area contributed by atoms with E-state index in [1.54, 1.807) is 0 Å². The van der Waals surface area contributed by atoms with Crippen LogP contribution in [-0.4, -0.2) is 78.3 Å². The average Bonchev–Trinajstić information content (AvgIpc) is 2.60. The van der Waals surface area contributed by atoms with Crippen LogP contribution < -0.4 is 0 Å². The van der Waals surface area contributed by atoms with Crippen molar-refractivity contribution in [1.82, 2.24) is 14.7 Å². The Morgan fingerprint density at radius 2 is 1.84 bits per heavy atom. The first kappa shape index (κ1) is 18.8. The second kappa shape index (κ2) is 8.63. The third kappa shape index (κ3) is 4.82. The molecule has 3 rings (SSSR count). The molecule has 1 aromatic rings. The lowest BCUT2D eigenvalue weighted by Gasteiger charge is -2.47. The highest BCUT2D eigenvalue weighted by atomic mass is 16.3. The molecule has 0 bridgehead atoms. The Bertz CT molecular complexity index is 554. The fraction of sp³-hybridized carbons (Fsp3) is 0.714. The second-order valence-corrected chi connectivity index (χ2v) is 8.10. The third-order valence-corrected chi connectivity index (χ3v) is 6.13. The van der Waals surface area contributed by atoms with Gasteiger partial charge in [-0.2, -0.15) is 0 Å². The van der Waals surface area contributed by atoms with Gasteiger partial charge in [0.15, 0.2) is 0 Å². The maximum atomic E-state index is 9.58. The van der Waals surface area contributed by atoms with Crippen molar-refractivity contribution in [2.75, 3.05) is 46.4 Å². The van der Waals surface area contributed by atoms with Gasteiger partial charge >= 0.3 is 0 Å². The molecule has 25 heavy (non-hydrogen) atoms. The van der Waals surface area contributed by atoms with Crippen LogP contribution in [0.25, 0.3) is 0 Å². The van der Waals surface area contributed by atoms with Crippen molar-refractivity contribution in [1.29, 1.82) is 0 Å². The fourth-order valence-corrected chi connectivity index (χ4v) is 4.50. The number of rotatable bonds is 5. The van der Waals surface area contributed by atoms with E-state index in [2.05, 4.69) is 53.8 Å². The number of piperidine rings is 1. The van der Waals surface area contributed by atoms with E-state index < -0.39 is 0 Å².